The summed E-state index contributed by atoms with van der Waals surface area (Å²) in [7, 11) is 0. The summed E-state index contributed by atoms with van der Waals surface area (Å²) in [6, 6.07) is 6.60. The van der Waals surface area contributed by atoms with E-state index in [2.05, 4.69) is 9.97 Å². The summed E-state index contributed by atoms with van der Waals surface area (Å²) in [4.78, 5) is 17.8. The Morgan fingerprint density at radius 1 is 1.31 bits per heavy atom. The summed E-state index contributed by atoms with van der Waals surface area (Å²) in [6.45, 7) is 0. The smallest absolute Gasteiger partial charge is 0.387 e. The third-order valence-corrected chi connectivity index (χ3v) is 2.04. The van der Waals surface area contributed by atoms with Gasteiger partial charge >= 0.3 is 5.82 Å². The number of nitro groups is 1. The van der Waals surface area contributed by atoms with Gasteiger partial charge in [-0.2, -0.15) is 0 Å². The molecule has 0 atom stereocenters. The van der Waals surface area contributed by atoms with E-state index in [-0.39, 0.29) is 11.5 Å². The van der Waals surface area contributed by atoms with Crippen molar-refractivity contribution in [2.24, 2.45) is 0 Å². The van der Waals surface area contributed by atoms with Gasteiger partial charge in [-0.05, 0) is 34.2 Å². The van der Waals surface area contributed by atoms with E-state index < -0.39 is 4.92 Å². The van der Waals surface area contributed by atoms with Crippen LogP contribution in [0.15, 0.2) is 36.7 Å². The molecular weight excluding hydrogens is 208 g/mol. The number of hydrogen-bond acceptors (Lipinski definition) is 5. The Kier molecular flexibility index (Phi) is 2.47. The SMILES string of the molecule is Nc1ccc(-c2cccnc2)nc1[N+](=O)[O-]. The van der Waals surface area contributed by atoms with Gasteiger partial charge in [0.25, 0.3) is 0 Å². The molecular formula is C10H8N4O2. The molecule has 0 aliphatic rings. The second-order valence-corrected chi connectivity index (χ2v) is 3.11. The minimum Gasteiger partial charge on any atom is -0.392 e. The lowest BCUT2D eigenvalue weighted by Crippen LogP contribution is -1.99. The predicted octanol–water partition coefficient (Wildman–Crippen LogP) is 1.63. The van der Waals surface area contributed by atoms with E-state index in [1.54, 1.807) is 30.6 Å². The number of anilines is 1. The molecule has 0 aliphatic heterocycles. The van der Waals surface area contributed by atoms with Crippen molar-refractivity contribution in [1.29, 1.82) is 0 Å². The first-order valence-electron chi connectivity index (χ1n) is 4.50. The van der Waals surface area contributed by atoms with Crippen molar-refractivity contribution >= 4 is 11.5 Å². The number of rotatable bonds is 2. The van der Waals surface area contributed by atoms with Crippen LogP contribution in [-0.4, -0.2) is 14.9 Å². The van der Waals surface area contributed by atoms with Gasteiger partial charge in [0.15, 0.2) is 5.69 Å². The van der Waals surface area contributed by atoms with E-state index in [1.165, 1.54) is 6.07 Å². The Morgan fingerprint density at radius 2 is 2.12 bits per heavy atom. The average molecular weight is 216 g/mol. The van der Waals surface area contributed by atoms with Gasteiger partial charge in [-0.25, -0.2) is 0 Å². The molecule has 0 radical (unpaired) electrons. The predicted molar refractivity (Wildman–Crippen MR) is 58.5 cm³/mol. The van der Waals surface area contributed by atoms with Crippen LogP contribution in [0.3, 0.4) is 0 Å². The number of hydrogen-bond donors (Lipinski definition) is 1. The van der Waals surface area contributed by atoms with Gasteiger partial charge < -0.3 is 15.8 Å². The van der Waals surface area contributed by atoms with Gasteiger partial charge in [-0.15, -0.1) is 0 Å². The molecule has 0 bridgehead atoms. The highest BCUT2D eigenvalue weighted by atomic mass is 16.6. The van der Waals surface area contributed by atoms with Crippen LogP contribution < -0.4 is 5.73 Å². The third kappa shape index (κ3) is 1.81. The average Bonchev–Trinajstić information content (AvgIpc) is 2.30. The number of aromatic nitrogens is 2. The zero-order valence-electron chi connectivity index (χ0n) is 8.20. The fourth-order valence-electron chi connectivity index (χ4n) is 1.28. The second kappa shape index (κ2) is 3.93. The van der Waals surface area contributed by atoms with E-state index in [0.29, 0.717) is 11.3 Å². The Bertz CT molecular complexity index is 528. The van der Waals surface area contributed by atoms with Crippen molar-refractivity contribution < 1.29 is 4.92 Å². The summed E-state index contributed by atoms with van der Waals surface area (Å²) in [5.41, 5.74) is 6.70. The fraction of sp³-hybridized carbons (Fsp3) is 0. The van der Waals surface area contributed by atoms with Crippen LogP contribution in [0.2, 0.25) is 0 Å². The van der Waals surface area contributed by atoms with Crippen molar-refractivity contribution in [3.8, 4) is 11.3 Å². The monoisotopic (exact) mass is 216 g/mol. The maximum absolute atomic E-state index is 10.7. The van der Waals surface area contributed by atoms with Crippen molar-refractivity contribution in [2.75, 3.05) is 5.73 Å². The van der Waals surface area contributed by atoms with Crippen LogP contribution in [0.4, 0.5) is 11.5 Å². The van der Waals surface area contributed by atoms with Gasteiger partial charge in [0.2, 0.25) is 0 Å². The van der Waals surface area contributed by atoms with Crippen molar-refractivity contribution in [3.63, 3.8) is 0 Å². The molecule has 80 valence electrons. The normalized spacial score (nSPS) is 10.0. The molecule has 0 amide bonds. The van der Waals surface area contributed by atoms with Gasteiger partial charge in [0.1, 0.15) is 5.69 Å². The lowest BCUT2D eigenvalue weighted by molar-refractivity contribution is -0.388. The summed E-state index contributed by atoms with van der Waals surface area (Å²) in [5, 5.41) is 10.7. The lowest BCUT2D eigenvalue weighted by atomic mass is 10.2. The molecule has 6 heteroatoms. The van der Waals surface area contributed by atoms with Crippen LogP contribution >= 0.6 is 0 Å². The molecule has 6 nitrogen and oxygen atoms in total. The van der Waals surface area contributed by atoms with E-state index in [9.17, 15) is 10.1 Å². The Morgan fingerprint density at radius 3 is 2.75 bits per heavy atom. The molecule has 0 aromatic carbocycles. The topological polar surface area (TPSA) is 94.9 Å². The number of nitrogen functional groups attached to an aromatic ring is 1. The van der Waals surface area contributed by atoms with Gasteiger partial charge in [-0.3, -0.25) is 4.98 Å². The molecule has 0 aliphatic carbocycles. The molecule has 0 saturated heterocycles. The highest BCUT2D eigenvalue weighted by Crippen LogP contribution is 2.23. The van der Waals surface area contributed by atoms with Crippen LogP contribution in [0, 0.1) is 10.1 Å². The maximum Gasteiger partial charge on any atom is 0.387 e. The molecule has 0 saturated carbocycles. The van der Waals surface area contributed by atoms with E-state index >= 15 is 0 Å². The number of pyridine rings is 2. The fourth-order valence-corrected chi connectivity index (χ4v) is 1.28. The molecule has 0 spiro atoms. The van der Waals surface area contributed by atoms with Gasteiger partial charge in [0, 0.05) is 18.0 Å². The first-order chi connectivity index (χ1) is 7.68. The Balaban J connectivity index is 2.52. The molecule has 16 heavy (non-hydrogen) atoms. The van der Waals surface area contributed by atoms with Crippen LogP contribution in [0.5, 0.6) is 0 Å². The molecule has 2 rings (SSSR count). The summed E-state index contributed by atoms with van der Waals surface area (Å²) in [5.74, 6) is -0.332. The first-order valence-corrected chi connectivity index (χ1v) is 4.50. The highest BCUT2D eigenvalue weighted by Gasteiger charge is 2.15. The van der Waals surface area contributed by atoms with Crippen molar-refractivity contribution in [3.05, 3.63) is 46.8 Å². The number of nitrogens with zero attached hydrogens (tertiary/aromatic N) is 3. The minimum absolute atomic E-state index is 0.0534. The summed E-state index contributed by atoms with van der Waals surface area (Å²) in [6.07, 6.45) is 3.21. The van der Waals surface area contributed by atoms with Crippen LogP contribution in [0.25, 0.3) is 11.3 Å². The van der Waals surface area contributed by atoms with Gasteiger partial charge in [0.05, 0.1) is 0 Å². The molecule has 0 fully saturated rings. The van der Waals surface area contributed by atoms with E-state index in [4.69, 9.17) is 5.73 Å². The Labute approximate surface area is 90.9 Å². The molecule has 2 N–H and O–H groups in total. The summed E-state index contributed by atoms with van der Waals surface area (Å²) >= 11 is 0. The Hall–Kier alpha value is -2.50. The van der Waals surface area contributed by atoms with Crippen LogP contribution in [-0.2, 0) is 0 Å². The van der Waals surface area contributed by atoms with Gasteiger partial charge in [-0.1, -0.05) is 0 Å². The maximum atomic E-state index is 10.7. The molecule has 2 aromatic heterocycles. The highest BCUT2D eigenvalue weighted by molar-refractivity contribution is 5.64. The molecule has 2 heterocycles. The largest absolute Gasteiger partial charge is 0.392 e. The van der Waals surface area contributed by atoms with Crippen LogP contribution in [0.1, 0.15) is 0 Å². The van der Waals surface area contributed by atoms with Crippen molar-refractivity contribution in [2.45, 2.75) is 0 Å². The summed E-state index contributed by atoms with van der Waals surface area (Å²) < 4.78 is 0. The van der Waals surface area contributed by atoms with Crippen molar-refractivity contribution in [1.82, 2.24) is 9.97 Å². The molecule has 2 aromatic rings. The lowest BCUT2D eigenvalue weighted by Gasteiger charge is -1.99. The molecule has 0 unspecified atom stereocenters. The van der Waals surface area contributed by atoms with E-state index in [1.807, 2.05) is 0 Å². The first kappa shape index (κ1) is 10.0. The second-order valence-electron chi connectivity index (χ2n) is 3.11. The zero-order valence-corrected chi connectivity index (χ0v) is 8.20. The zero-order chi connectivity index (χ0) is 11.5. The third-order valence-electron chi connectivity index (χ3n) is 2.04. The quantitative estimate of drug-likeness (QED) is 0.608. The minimum atomic E-state index is -0.602. The number of nitrogens with two attached hydrogens (primary N) is 1. The van der Waals surface area contributed by atoms with E-state index in [0.717, 1.165) is 0 Å². The standard InChI is InChI=1S/C10H8N4O2/c11-8-3-4-9(13-10(8)14(15)16)7-2-1-5-12-6-7/h1-6H,11H2.